The second-order valence-corrected chi connectivity index (χ2v) is 4.48. The third kappa shape index (κ3) is 3.78. The van der Waals surface area contributed by atoms with Crippen molar-refractivity contribution in [2.45, 2.75) is 12.8 Å². The Morgan fingerprint density at radius 2 is 1.76 bits per heavy atom. The van der Waals surface area contributed by atoms with Crippen LogP contribution in [0, 0.1) is 0 Å². The summed E-state index contributed by atoms with van der Waals surface area (Å²) in [6, 6.07) is 9.88. The quantitative estimate of drug-likeness (QED) is 0.800. The van der Waals surface area contributed by atoms with Gasteiger partial charge in [-0.25, -0.2) is 0 Å². The third-order valence-electron chi connectivity index (χ3n) is 2.12. The second-order valence-electron chi connectivity index (χ2n) is 3.45. The van der Waals surface area contributed by atoms with Crippen molar-refractivity contribution >= 4 is 11.3 Å². The van der Waals surface area contributed by atoms with Gasteiger partial charge in [0.25, 0.3) is 0 Å². The molecule has 0 atom stereocenters. The van der Waals surface area contributed by atoms with E-state index in [-0.39, 0.29) is 5.75 Å². The predicted octanol–water partition coefficient (Wildman–Crippen LogP) is 4.24. The van der Waals surface area contributed by atoms with Crippen LogP contribution in [0.25, 0.3) is 0 Å². The molecule has 0 saturated heterocycles. The standard InChI is InChI=1S/C12H9F3OS/c13-12(14,15)16-10-5-3-9(4-6-10)8-11-2-1-7-17-11/h1-7H,8H2. The number of benzene rings is 1. The lowest BCUT2D eigenvalue weighted by Gasteiger charge is -2.08. The van der Waals surface area contributed by atoms with Gasteiger partial charge in [-0.2, -0.15) is 0 Å². The van der Waals surface area contributed by atoms with E-state index in [0.717, 1.165) is 12.0 Å². The maximum atomic E-state index is 11.9. The molecule has 0 aliphatic heterocycles. The molecule has 0 aliphatic carbocycles. The fourth-order valence-electron chi connectivity index (χ4n) is 1.42. The first kappa shape index (κ1) is 12.0. The number of thiophene rings is 1. The van der Waals surface area contributed by atoms with E-state index in [2.05, 4.69) is 4.74 Å². The Balaban J connectivity index is 2.03. The number of alkyl halides is 3. The van der Waals surface area contributed by atoms with Gasteiger partial charge in [0.1, 0.15) is 5.75 Å². The smallest absolute Gasteiger partial charge is 0.406 e. The predicted molar refractivity (Wildman–Crippen MR) is 60.3 cm³/mol. The van der Waals surface area contributed by atoms with Crippen LogP contribution < -0.4 is 4.74 Å². The summed E-state index contributed by atoms with van der Waals surface area (Å²) in [5.41, 5.74) is 0.960. The van der Waals surface area contributed by atoms with Gasteiger partial charge in [0.05, 0.1) is 0 Å². The van der Waals surface area contributed by atoms with Crippen molar-refractivity contribution < 1.29 is 17.9 Å². The van der Waals surface area contributed by atoms with Gasteiger partial charge < -0.3 is 4.74 Å². The molecule has 2 rings (SSSR count). The van der Waals surface area contributed by atoms with Crippen molar-refractivity contribution in [1.29, 1.82) is 0 Å². The van der Waals surface area contributed by atoms with Gasteiger partial charge in [-0.1, -0.05) is 18.2 Å². The minimum absolute atomic E-state index is 0.188. The Labute approximate surface area is 100 Å². The Kier molecular flexibility index (Phi) is 3.38. The summed E-state index contributed by atoms with van der Waals surface area (Å²) in [6.07, 6.45) is -3.90. The van der Waals surface area contributed by atoms with Crippen LogP contribution in [0.5, 0.6) is 5.75 Å². The molecule has 1 heterocycles. The maximum absolute atomic E-state index is 11.9. The van der Waals surface area contributed by atoms with Gasteiger partial charge in [-0.15, -0.1) is 24.5 Å². The molecule has 2 aromatic rings. The topological polar surface area (TPSA) is 9.23 Å². The third-order valence-corrected chi connectivity index (χ3v) is 2.99. The number of ether oxygens (including phenoxy) is 1. The highest BCUT2D eigenvalue weighted by Crippen LogP contribution is 2.23. The number of hydrogen-bond acceptors (Lipinski definition) is 2. The van der Waals surface area contributed by atoms with Crippen LogP contribution in [0.2, 0.25) is 0 Å². The van der Waals surface area contributed by atoms with E-state index >= 15 is 0 Å². The lowest BCUT2D eigenvalue weighted by atomic mass is 10.1. The van der Waals surface area contributed by atoms with Gasteiger partial charge >= 0.3 is 6.36 Å². The van der Waals surface area contributed by atoms with Crippen LogP contribution in [0.3, 0.4) is 0 Å². The first-order valence-electron chi connectivity index (χ1n) is 4.90. The molecule has 1 nitrogen and oxygen atoms in total. The van der Waals surface area contributed by atoms with E-state index in [1.807, 2.05) is 17.5 Å². The average molecular weight is 258 g/mol. The molecule has 0 amide bonds. The van der Waals surface area contributed by atoms with Gasteiger partial charge in [0.15, 0.2) is 0 Å². The zero-order valence-corrected chi connectivity index (χ0v) is 9.52. The summed E-state index contributed by atoms with van der Waals surface area (Å²) in [7, 11) is 0. The first-order valence-corrected chi connectivity index (χ1v) is 5.78. The fourth-order valence-corrected chi connectivity index (χ4v) is 2.16. The Bertz CT molecular complexity index is 459. The molecule has 90 valence electrons. The molecule has 0 fully saturated rings. The van der Waals surface area contributed by atoms with E-state index in [1.54, 1.807) is 23.5 Å². The molecule has 0 spiro atoms. The van der Waals surface area contributed by atoms with E-state index in [4.69, 9.17) is 0 Å². The first-order chi connectivity index (χ1) is 8.03. The molecule has 0 radical (unpaired) electrons. The highest BCUT2D eigenvalue weighted by molar-refractivity contribution is 7.09. The molecular formula is C12H9F3OS. The number of hydrogen-bond donors (Lipinski definition) is 0. The minimum atomic E-state index is -4.63. The van der Waals surface area contributed by atoms with E-state index in [1.165, 1.54) is 17.0 Å². The van der Waals surface area contributed by atoms with Crippen LogP contribution in [-0.2, 0) is 6.42 Å². The summed E-state index contributed by atoms with van der Waals surface area (Å²) in [6.45, 7) is 0. The summed E-state index contributed by atoms with van der Waals surface area (Å²) in [5, 5.41) is 1.97. The van der Waals surface area contributed by atoms with Gasteiger partial charge in [-0.05, 0) is 29.1 Å². The monoisotopic (exact) mass is 258 g/mol. The zero-order valence-electron chi connectivity index (χ0n) is 8.70. The van der Waals surface area contributed by atoms with E-state index < -0.39 is 6.36 Å². The van der Waals surface area contributed by atoms with Gasteiger partial charge in [0.2, 0.25) is 0 Å². The summed E-state index contributed by atoms with van der Waals surface area (Å²) in [4.78, 5) is 1.18. The lowest BCUT2D eigenvalue weighted by molar-refractivity contribution is -0.274. The molecule has 0 bridgehead atoms. The SMILES string of the molecule is FC(F)(F)Oc1ccc(Cc2cccs2)cc1. The molecule has 0 unspecified atom stereocenters. The summed E-state index contributed by atoms with van der Waals surface area (Å²) in [5.74, 6) is -0.188. The molecule has 0 saturated carbocycles. The largest absolute Gasteiger partial charge is 0.573 e. The van der Waals surface area contributed by atoms with Crippen molar-refractivity contribution in [2.75, 3.05) is 0 Å². The molecule has 1 aromatic heterocycles. The minimum Gasteiger partial charge on any atom is -0.406 e. The molecule has 0 N–H and O–H groups in total. The Morgan fingerprint density at radius 3 is 2.29 bits per heavy atom. The van der Waals surface area contributed by atoms with Crippen molar-refractivity contribution in [3.05, 3.63) is 52.2 Å². The summed E-state index contributed by atoms with van der Waals surface area (Å²) < 4.78 is 39.6. The lowest BCUT2D eigenvalue weighted by Crippen LogP contribution is -2.17. The zero-order chi connectivity index (χ0) is 12.3. The van der Waals surface area contributed by atoms with Crippen LogP contribution in [-0.4, -0.2) is 6.36 Å². The second kappa shape index (κ2) is 4.79. The molecular weight excluding hydrogens is 249 g/mol. The molecule has 0 aliphatic rings. The van der Waals surface area contributed by atoms with Crippen molar-refractivity contribution in [1.82, 2.24) is 0 Å². The average Bonchev–Trinajstić information content (AvgIpc) is 2.71. The van der Waals surface area contributed by atoms with Gasteiger partial charge in [-0.3, -0.25) is 0 Å². The van der Waals surface area contributed by atoms with E-state index in [0.29, 0.717) is 0 Å². The summed E-state index contributed by atoms with van der Waals surface area (Å²) >= 11 is 1.62. The van der Waals surface area contributed by atoms with Crippen molar-refractivity contribution in [3.8, 4) is 5.75 Å². The Hall–Kier alpha value is -1.49. The van der Waals surface area contributed by atoms with Crippen LogP contribution in [0.15, 0.2) is 41.8 Å². The molecule has 1 aromatic carbocycles. The fraction of sp³-hybridized carbons (Fsp3) is 0.167. The van der Waals surface area contributed by atoms with Crippen LogP contribution >= 0.6 is 11.3 Å². The van der Waals surface area contributed by atoms with E-state index in [9.17, 15) is 13.2 Å². The Morgan fingerprint density at radius 1 is 1.06 bits per heavy atom. The van der Waals surface area contributed by atoms with Gasteiger partial charge in [0, 0.05) is 11.3 Å². The molecule has 5 heteroatoms. The van der Waals surface area contributed by atoms with Crippen LogP contribution in [0.1, 0.15) is 10.4 Å². The normalized spacial score (nSPS) is 11.5. The van der Waals surface area contributed by atoms with Crippen molar-refractivity contribution in [2.24, 2.45) is 0 Å². The van der Waals surface area contributed by atoms with Crippen molar-refractivity contribution in [3.63, 3.8) is 0 Å². The highest BCUT2D eigenvalue weighted by Gasteiger charge is 2.30. The maximum Gasteiger partial charge on any atom is 0.573 e. The number of rotatable bonds is 3. The van der Waals surface area contributed by atoms with Crippen LogP contribution in [0.4, 0.5) is 13.2 Å². The molecule has 17 heavy (non-hydrogen) atoms. The highest BCUT2D eigenvalue weighted by atomic mass is 32.1. The number of halogens is 3.